The van der Waals surface area contributed by atoms with E-state index in [1.165, 1.54) is 0 Å². The van der Waals surface area contributed by atoms with Gasteiger partial charge in [0.05, 0.1) is 15.8 Å². The molecule has 0 spiro atoms. The van der Waals surface area contributed by atoms with Crippen LogP contribution in [0.3, 0.4) is 0 Å². The van der Waals surface area contributed by atoms with Gasteiger partial charge < -0.3 is 10.4 Å². The van der Waals surface area contributed by atoms with Crippen molar-refractivity contribution in [3.63, 3.8) is 0 Å². The summed E-state index contributed by atoms with van der Waals surface area (Å²) in [7, 11) is 0. The maximum absolute atomic E-state index is 12.0. The Morgan fingerprint density at radius 2 is 2.00 bits per heavy atom. The Morgan fingerprint density at radius 1 is 1.35 bits per heavy atom. The fraction of sp³-hybridized carbons (Fsp3) is 0.538. The van der Waals surface area contributed by atoms with Gasteiger partial charge in [-0.25, -0.2) is 0 Å². The van der Waals surface area contributed by atoms with Crippen molar-refractivity contribution in [3.8, 4) is 0 Å². The minimum Gasteiger partial charge on any atom is -0.481 e. The van der Waals surface area contributed by atoms with Crippen LogP contribution in [-0.4, -0.2) is 23.0 Å². The number of carbonyl (C=O) groups is 2. The fourth-order valence-corrected chi connectivity index (χ4v) is 3.18. The Balaban J connectivity index is 2.39. The van der Waals surface area contributed by atoms with Gasteiger partial charge in [-0.05, 0) is 25.8 Å². The minimum atomic E-state index is -0.790. The molecule has 1 amide bonds. The molecule has 0 saturated heterocycles. The molecule has 112 valence electrons. The van der Waals surface area contributed by atoms with Crippen LogP contribution in [0.1, 0.15) is 43.5 Å². The van der Waals surface area contributed by atoms with Crippen molar-refractivity contribution in [1.29, 1.82) is 0 Å². The molecule has 0 aromatic carbocycles. The monoisotopic (exact) mass is 337 g/mol. The lowest BCUT2D eigenvalue weighted by molar-refractivity contribution is -0.141. The summed E-state index contributed by atoms with van der Waals surface area (Å²) in [6, 6.07) is 1.50. The minimum absolute atomic E-state index is 0.0433. The predicted molar refractivity (Wildman–Crippen MR) is 81.9 cm³/mol. The number of hydrogen-bond acceptors (Lipinski definition) is 3. The first kappa shape index (κ1) is 17.3. The van der Waals surface area contributed by atoms with E-state index >= 15 is 0 Å². The summed E-state index contributed by atoms with van der Waals surface area (Å²) in [4.78, 5) is 22.6. The fourth-order valence-electron chi connectivity index (χ4n) is 1.72. The number of aliphatic carboxylic acids is 1. The van der Waals surface area contributed by atoms with Crippen molar-refractivity contribution < 1.29 is 14.7 Å². The average molecular weight is 338 g/mol. The maximum atomic E-state index is 12.0. The second-order valence-electron chi connectivity index (χ2n) is 4.78. The van der Waals surface area contributed by atoms with E-state index in [0.29, 0.717) is 20.7 Å². The normalized spacial score (nSPS) is 13.8. The zero-order chi connectivity index (χ0) is 15.3. The van der Waals surface area contributed by atoms with Crippen molar-refractivity contribution in [2.45, 2.75) is 39.2 Å². The molecule has 4 nitrogen and oxygen atoms in total. The smallest absolute Gasteiger partial charge is 0.306 e. The molecule has 1 heterocycles. The molecule has 20 heavy (non-hydrogen) atoms. The van der Waals surface area contributed by atoms with E-state index in [1.54, 1.807) is 13.0 Å². The highest BCUT2D eigenvalue weighted by molar-refractivity contribution is 7.20. The molecular weight excluding hydrogens is 321 g/mol. The Kier molecular flexibility index (Phi) is 6.79. The quantitative estimate of drug-likeness (QED) is 0.788. The van der Waals surface area contributed by atoms with Gasteiger partial charge in [0.25, 0.3) is 5.91 Å². The van der Waals surface area contributed by atoms with Crippen molar-refractivity contribution in [1.82, 2.24) is 5.32 Å². The number of carboxylic acid groups (broad SMARTS) is 1. The highest BCUT2D eigenvalue weighted by atomic mass is 35.5. The first-order valence-corrected chi connectivity index (χ1v) is 7.87. The SMILES string of the molecule is CC(CCCC(C)C(=O)O)NC(=O)c1cc(Cl)sc1Cl. The zero-order valence-electron chi connectivity index (χ0n) is 11.3. The third kappa shape index (κ3) is 5.31. The molecule has 0 fully saturated rings. The highest BCUT2D eigenvalue weighted by Gasteiger charge is 2.17. The Labute approximate surface area is 132 Å². The molecule has 2 atom stereocenters. The van der Waals surface area contributed by atoms with E-state index in [9.17, 15) is 9.59 Å². The van der Waals surface area contributed by atoms with Crippen LogP contribution >= 0.6 is 34.5 Å². The summed E-state index contributed by atoms with van der Waals surface area (Å²) < 4.78 is 0.849. The van der Waals surface area contributed by atoms with Crippen LogP contribution in [0, 0.1) is 5.92 Å². The van der Waals surface area contributed by atoms with Crippen molar-refractivity contribution >= 4 is 46.4 Å². The molecule has 0 aliphatic carbocycles. The van der Waals surface area contributed by atoms with Crippen LogP contribution in [0.4, 0.5) is 0 Å². The topological polar surface area (TPSA) is 66.4 Å². The van der Waals surface area contributed by atoms with Gasteiger partial charge in [0.15, 0.2) is 0 Å². The molecule has 1 rings (SSSR count). The number of nitrogens with one attached hydrogen (secondary N) is 1. The molecule has 2 unspecified atom stereocenters. The van der Waals surface area contributed by atoms with E-state index in [4.69, 9.17) is 28.3 Å². The van der Waals surface area contributed by atoms with Crippen LogP contribution in [0.25, 0.3) is 0 Å². The van der Waals surface area contributed by atoms with Gasteiger partial charge in [-0.2, -0.15) is 0 Å². The van der Waals surface area contributed by atoms with Gasteiger partial charge in [0.2, 0.25) is 0 Å². The average Bonchev–Trinajstić information content (AvgIpc) is 2.68. The van der Waals surface area contributed by atoms with Gasteiger partial charge in [0.1, 0.15) is 4.34 Å². The van der Waals surface area contributed by atoms with Crippen LogP contribution in [0.15, 0.2) is 6.07 Å². The van der Waals surface area contributed by atoms with Crippen molar-refractivity contribution in [3.05, 3.63) is 20.3 Å². The highest BCUT2D eigenvalue weighted by Crippen LogP contribution is 2.31. The van der Waals surface area contributed by atoms with Crippen LogP contribution in [0.2, 0.25) is 8.67 Å². The van der Waals surface area contributed by atoms with Gasteiger partial charge >= 0.3 is 5.97 Å². The number of hydrogen-bond donors (Lipinski definition) is 2. The van der Waals surface area contributed by atoms with Crippen molar-refractivity contribution in [2.75, 3.05) is 0 Å². The van der Waals surface area contributed by atoms with Gasteiger partial charge in [-0.1, -0.05) is 36.5 Å². The van der Waals surface area contributed by atoms with E-state index in [-0.39, 0.29) is 17.9 Å². The maximum Gasteiger partial charge on any atom is 0.306 e. The predicted octanol–water partition coefficient (Wildman–Crippen LogP) is 4.06. The summed E-state index contributed by atoms with van der Waals surface area (Å²) in [5.41, 5.74) is 0.382. The standard InChI is InChI=1S/C13H17Cl2NO3S/c1-7(13(18)19)4-3-5-8(2)16-12(17)9-6-10(14)20-11(9)15/h6-8H,3-5H2,1-2H3,(H,16,17)(H,18,19). The molecule has 0 aliphatic heterocycles. The number of carboxylic acids is 1. The number of carbonyl (C=O) groups excluding carboxylic acids is 1. The first-order valence-electron chi connectivity index (χ1n) is 6.29. The molecule has 0 radical (unpaired) electrons. The molecule has 0 saturated carbocycles. The largest absolute Gasteiger partial charge is 0.481 e. The molecule has 0 bridgehead atoms. The van der Waals surface area contributed by atoms with E-state index in [0.717, 1.165) is 24.2 Å². The van der Waals surface area contributed by atoms with Gasteiger partial charge in [-0.3, -0.25) is 9.59 Å². The van der Waals surface area contributed by atoms with Gasteiger partial charge in [-0.15, -0.1) is 11.3 Å². The van der Waals surface area contributed by atoms with E-state index < -0.39 is 5.97 Å². The van der Waals surface area contributed by atoms with Crippen LogP contribution in [0.5, 0.6) is 0 Å². The summed E-state index contributed by atoms with van der Waals surface area (Å²) in [6.45, 7) is 3.56. The van der Waals surface area contributed by atoms with E-state index in [2.05, 4.69) is 5.32 Å². The first-order chi connectivity index (χ1) is 9.31. The zero-order valence-corrected chi connectivity index (χ0v) is 13.6. The van der Waals surface area contributed by atoms with Crippen molar-refractivity contribution in [2.24, 2.45) is 5.92 Å². The summed E-state index contributed by atoms with van der Waals surface area (Å²) in [5.74, 6) is -1.40. The molecule has 2 N–H and O–H groups in total. The lowest BCUT2D eigenvalue weighted by Gasteiger charge is -2.14. The lowest BCUT2D eigenvalue weighted by Crippen LogP contribution is -2.32. The molecule has 0 aliphatic rings. The molecular formula is C13H17Cl2NO3S. The number of rotatable bonds is 7. The Hall–Kier alpha value is -0.780. The third-order valence-electron chi connectivity index (χ3n) is 2.97. The molecule has 7 heteroatoms. The second-order valence-corrected chi connectivity index (χ2v) is 7.07. The number of thiophene rings is 1. The molecule has 1 aromatic rings. The number of halogens is 2. The Bertz CT molecular complexity index is 490. The summed E-state index contributed by atoms with van der Waals surface area (Å²) in [5, 5.41) is 11.6. The van der Waals surface area contributed by atoms with Crippen LogP contribution < -0.4 is 5.32 Å². The molecule has 1 aromatic heterocycles. The number of amides is 1. The van der Waals surface area contributed by atoms with Crippen LogP contribution in [-0.2, 0) is 4.79 Å². The lowest BCUT2D eigenvalue weighted by atomic mass is 10.0. The summed E-state index contributed by atoms with van der Waals surface area (Å²) >= 11 is 12.9. The Morgan fingerprint density at radius 3 is 2.50 bits per heavy atom. The third-order valence-corrected chi connectivity index (χ3v) is 4.46. The second kappa shape index (κ2) is 7.86. The summed E-state index contributed by atoms with van der Waals surface area (Å²) in [6.07, 6.45) is 2.06. The van der Waals surface area contributed by atoms with Gasteiger partial charge in [0, 0.05) is 6.04 Å². The van der Waals surface area contributed by atoms with E-state index in [1.807, 2.05) is 6.92 Å².